The van der Waals surface area contributed by atoms with Crippen molar-refractivity contribution >= 4 is 5.91 Å². The summed E-state index contributed by atoms with van der Waals surface area (Å²) in [4.78, 5) is 11.8. The van der Waals surface area contributed by atoms with Gasteiger partial charge in [0, 0.05) is 11.6 Å². The molecule has 1 unspecified atom stereocenters. The van der Waals surface area contributed by atoms with Crippen LogP contribution in [0, 0.1) is 11.3 Å². The smallest absolute Gasteiger partial charge is 0.251 e. The minimum absolute atomic E-state index is 0.0749. The lowest BCUT2D eigenvalue weighted by atomic mass is 10.1. The average Bonchev–Trinajstić information content (AvgIpc) is 2.29. The van der Waals surface area contributed by atoms with Crippen LogP contribution in [0.1, 0.15) is 36.2 Å². The number of benzene rings is 1. The summed E-state index contributed by atoms with van der Waals surface area (Å²) in [6.45, 7) is 3.99. The van der Waals surface area contributed by atoms with Crippen LogP contribution in [0.25, 0.3) is 0 Å². The zero-order chi connectivity index (χ0) is 12.0. The fraction of sp³-hybridized carbons (Fsp3) is 0.385. The highest BCUT2D eigenvalue weighted by atomic mass is 16.1. The summed E-state index contributed by atoms with van der Waals surface area (Å²) >= 11 is 0. The van der Waals surface area contributed by atoms with E-state index in [4.69, 9.17) is 5.26 Å². The SMILES string of the molecule is CCC(C)NC(=O)c1cccc(CC#N)c1. The van der Waals surface area contributed by atoms with Crippen molar-refractivity contribution in [1.82, 2.24) is 5.32 Å². The minimum Gasteiger partial charge on any atom is -0.350 e. The molecule has 0 aromatic heterocycles. The summed E-state index contributed by atoms with van der Waals surface area (Å²) in [5, 5.41) is 11.5. The maximum Gasteiger partial charge on any atom is 0.251 e. The van der Waals surface area contributed by atoms with E-state index in [9.17, 15) is 4.79 Å². The van der Waals surface area contributed by atoms with Crippen LogP contribution < -0.4 is 5.32 Å². The molecule has 1 amide bonds. The molecule has 0 saturated carbocycles. The van der Waals surface area contributed by atoms with E-state index in [1.165, 1.54) is 0 Å². The van der Waals surface area contributed by atoms with Gasteiger partial charge >= 0.3 is 0 Å². The third-order valence-electron chi connectivity index (χ3n) is 2.46. The maximum absolute atomic E-state index is 11.8. The average molecular weight is 216 g/mol. The Balaban J connectivity index is 2.76. The molecule has 16 heavy (non-hydrogen) atoms. The van der Waals surface area contributed by atoms with Crippen molar-refractivity contribution in [2.75, 3.05) is 0 Å². The first-order valence-electron chi connectivity index (χ1n) is 5.44. The Hall–Kier alpha value is -1.82. The molecular weight excluding hydrogens is 200 g/mol. The Morgan fingerprint density at radius 1 is 1.56 bits per heavy atom. The highest BCUT2D eigenvalue weighted by Crippen LogP contribution is 2.06. The Kier molecular flexibility index (Phi) is 4.53. The van der Waals surface area contributed by atoms with E-state index in [-0.39, 0.29) is 11.9 Å². The number of hydrogen-bond acceptors (Lipinski definition) is 2. The molecule has 3 nitrogen and oxygen atoms in total. The number of rotatable bonds is 4. The van der Waals surface area contributed by atoms with E-state index in [0.717, 1.165) is 12.0 Å². The molecule has 0 bridgehead atoms. The lowest BCUT2D eigenvalue weighted by molar-refractivity contribution is 0.0939. The Bertz CT molecular complexity index is 407. The van der Waals surface area contributed by atoms with E-state index in [2.05, 4.69) is 11.4 Å². The van der Waals surface area contributed by atoms with Crippen molar-refractivity contribution in [2.24, 2.45) is 0 Å². The first kappa shape index (κ1) is 12.3. The standard InChI is InChI=1S/C13H16N2O/c1-3-10(2)15-13(16)12-6-4-5-11(9-12)7-8-14/h4-6,9-10H,3,7H2,1-2H3,(H,15,16). The van der Waals surface area contributed by atoms with Crippen LogP contribution in [-0.4, -0.2) is 11.9 Å². The van der Waals surface area contributed by atoms with Gasteiger partial charge in [-0.05, 0) is 31.0 Å². The highest BCUT2D eigenvalue weighted by Gasteiger charge is 2.08. The number of nitrogens with zero attached hydrogens (tertiary/aromatic N) is 1. The molecule has 84 valence electrons. The van der Waals surface area contributed by atoms with E-state index in [0.29, 0.717) is 12.0 Å². The fourth-order valence-electron chi connectivity index (χ4n) is 1.32. The van der Waals surface area contributed by atoms with Crippen LogP contribution in [0.4, 0.5) is 0 Å². The van der Waals surface area contributed by atoms with Gasteiger partial charge in [-0.25, -0.2) is 0 Å². The zero-order valence-corrected chi connectivity index (χ0v) is 9.66. The number of nitriles is 1. The van der Waals surface area contributed by atoms with Gasteiger partial charge in [0.05, 0.1) is 12.5 Å². The third kappa shape index (κ3) is 3.39. The van der Waals surface area contributed by atoms with Crippen LogP contribution in [0.5, 0.6) is 0 Å². The Morgan fingerprint density at radius 3 is 2.94 bits per heavy atom. The topological polar surface area (TPSA) is 52.9 Å². The third-order valence-corrected chi connectivity index (χ3v) is 2.46. The molecule has 0 aliphatic rings. The lowest BCUT2D eigenvalue weighted by Crippen LogP contribution is -2.31. The summed E-state index contributed by atoms with van der Waals surface area (Å²) in [5.41, 5.74) is 1.49. The zero-order valence-electron chi connectivity index (χ0n) is 9.66. The van der Waals surface area contributed by atoms with Gasteiger partial charge in [0.15, 0.2) is 0 Å². The van der Waals surface area contributed by atoms with Gasteiger partial charge < -0.3 is 5.32 Å². The fourth-order valence-corrected chi connectivity index (χ4v) is 1.32. The predicted octanol–water partition coefficient (Wildman–Crippen LogP) is 2.28. The summed E-state index contributed by atoms with van der Waals surface area (Å²) in [7, 11) is 0. The second kappa shape index (κ2) is 5.92. The van der Waals surface area contributed by atoms with Crippen LogP contribution >= 0.6 is 0 Å². The van der Waals surface area contributed by atoms with Gasteiger partial charge in [-0.2, -0.15) is 5.26 Å². The summed E-state index contributed by atoms with van der Waals surface area (Å²) in [6, 6.07) is 9.43. The summed E-state index contributed by atoms with van der Waals surface area (Å²) < 4.78 is 0. The van der Waals surface area contributed by atoms with Gasteiger partial charge in [0.25, 0.3) is 5.91 Å². The molecule has 3 heteroatoms. The van der Waals surface area contributed by atoms with Crippen molar-refractivity contribution in [2.45, 2.75) is 32.7 Å². The van der Waals surface area contributed by atoms with E-state index in [1.54, 1.807) is 18.2 Å². The van der Waals surface area contributed by atoms with E-state index < -0.39 is 0 Å². The van der Waals surface area contributed by atoms with Crippen LogP contribution in [0.3, 0.4) is 0 Å². The van der Waals surface area contributed by atoms with Crippen LogP contribution in [-0.2, 0) is 6.42 Å². The quantitative estimate of drug-likeness (QED) is 0.839. The van der Waals surface area contributed by atoms with Gasteiger partial charge in [-0.15, -0.1) is 0 Å². The van der Waals surface area contributed by atoms with E-state index >= 15 is 0 Å². The Labute approximate surface area is 96.1 Å². The van der Waals surface area contributed by atoms with Crippen molar-refractivity contribution in [3.8, 4) is 6.07 Å². The minimum atomic E-state index is -0.0749. The molecule has 0 spiro atoms. The number of amides is 1. The molecule has 1 aromatic carbocycles. The van der Waals surface area contributed by atoms with Gasteiger partial charge in [0.1, 0.15) is 0 Å². The molecule has 0 saturated heterocycles. The van der Waals surface area contributed by atoms with Gasteiger partial charge in [0.2, 0.25) is 0 Å². The first-order chi connectivity index (χ1) is 7.67. The molecule has 0 aliphatic carbocycles. The van der Waals surface area contributed by atoms with Crippen LogP contribution in [0.15, 0.2) is 24.3 Å². The summed E-state index contributed by atoms with van der Waals surface area (Å²) in [5.74, 6) is -0.0749. The largest absolute Gasteiger partial charge is 0.350 e. The monoisotopic (exact) mass is 216 g/mol. The normalized spacial score (nSPS) is 11.6. The Morgan fingerprint density at radius 2 is 2.31 bits per heavy atom. The molecule has 0 aliphatic heterocycles. The van der Waals surface area contributed by atoms with Crippen molar-refractivity contribution in [3.05, 3.63) is 35.4 Å². The molecule has 0 heterocycles. The number of carbonyl (C=O) groups excluding carboxylic acids is 1. The van der Waals surface area contributed by atoms with Crippen molar-refractivity contribution < 1.29 is 4.79 Å². The van der Waals surface area contributed by atoms with Crippen LogP contribution in [0.2, 0.25) is 0 Å². The second-order valence-corrected chi connectivity index (χ2v) is 3.82. The molecule has 0 fully saturated rings. The van der Waals surface area contributed by atoms with Gasteiger partial charge in [-0.3, -0.25) is 4.79 Å². The number of carbonyl (C=O) groups is 1. The maximum atomic E-state index is 11.8. The van der Waals surface area contributed by atoms with Crippen molar-refractivity contribution in [3.63, 3.8) is 0 Å². The highest BCUT2D eigenvalue weighted by molar-refractivity contribution is 5.94. The lowest BCUT2D eigenvalue weighted by Gasteiger charge is -2.11. The molecule has 1 atom stereocenters. The number of hydrogen-bond donors (Lipinski definition) is 1. The predicted molar refractivity (Wildman–Crippen MR) is 63.0 cm³/mol. The molecule has 0 radical (unpaired) electrons. The van der Waals surface area contributed by atoms with E-state index in [1.807, 2.05) is 19.9 Å². The summed E-state index contributed by atoms with van der Waals surface area (Å²) in [6.07, 6.45) is 1.24. The number of nitrogens with one attached hydrogen (secondary N) is 1. The molecular formula is C13H16N2O. The molecule has 1 aromatic rings. The second-order valence-electron chi connectivity index (χ2n) is 3.82. The van der Waals surface area contributed by atoms with Gasteiger partial charge in [-0.1, -0.05) is 19.1 Å². The van der Waals surface area contributed by atoms with Crippen molar-refractivity contribution in [1.29, 1.82) is 5.26 Å². The molecule has 1 N–H and O–H groups in total. The molecule has 1 rings (SSSR count). The first-order valence-corrected chi connectivity index (χ1v) is 5.44.